The third kappa shape index (κ3) is 2.41. The molecule has 0 radical (unpaired) electrons. The van der Waals surface area contributed by atoms with E-state index in [9.17, 15) is 4.79 Å². The van der Waals surface area contributed by atoms with E-state index in [1.54, 1.807) is 23.6 Å². The number of benzene rings is 1. The van der Waals surface area contributed by atoms with Crippen LogP contribution in [-0.4, -0.2) is 17.1 Å². The second kappa shape index (κ2) is 5.07. The second-order valence-corrected chi connectivity index (χ2v) is 4.94. The van der Waals surface area contributed by atoms with E-state index in [1.165, 1.54) is 0 Å². The number of nitrogens with zero attached hydrogens (tertiary/aromatic N) is 1. The molecule has 0 bridgehead atoms. The van der Waals surface area contributed by atoms with Crippen LogP contribution in [-0.2, 0) is 0 Å². The lowest BCUT2D eigenvalue weighted by Crippen LogP contribution is -2.17. The minimum absolute atomic E-state index is 0.221. The first-order valence-electron chi connectivity index (χ1n) is 5.77. The summed E-state index contributed by atoms with van der Waals surface area (Å²) in [5.41, 5.74) is 3.95. The number of amides is 1. The Morgan fingerprint density at radius 1 is 1.26 bits per heavy atom. The van der Waals surface area contributed by atoms with E-state index in [4.69, 9.17) is 0 Å². The fraction of sp³-hybridized carbons (Fsp3) is 0. The summed E-state index contributed by atoms with van der Waals surface area (Å²) in [6, 6.07) is 11.4. The molecule has 0 aliphatic rings. The molecule has 2 N–H and O–H groups in total. The number of hydrazone groups is 1. The first-order chi connectivity index (χ1) is 9.34. The molecule has 94 valence electrons. The van der Waals surface area contributed by atoms with Crippen molar-refractivity contribution >= 4 is 34.4 Å². The zero-order valence-electron chi connectivity index (χ0n) is 9.96. The van der Waals surface area contributed by atoms with Crippen molar-refractivity contribution in [3.63, 3.8) is 0 Å². The Kier molecular flexibility index (Phi) is 3.12. The lowest BCUT2D eigenvalue weighted by atomic mass is 10.1. The Morgan fingerprint density at radius 3 is 3.05 bits per heavy atom. The highest BCUT2D eigenvalue weighted by Gasteiger charge is 2.09. The lowest BCUT2D eigenvalue weighted by molar-refractivity contribution is 0.0956. The molecule has 3 aromatic rings. The number of carbonyl (C=O) groups is 1. The van der Waals surface area contributed by atoms with Gasteiger partial charge in [0.2, 0.25) is 0 Å². The van der Waals surface area contributed by atoms with Gasteiger partial charge in [-0.1, -0.05) is 18.2 Å². The average molecular weight is 269 g/mol. The van der Waals surface area contributed by atoms with E-state index in [0.29, 0.717) is 5.56 Å². The van der Waals surface area contributed by atoms with Crippen molar-refractivity contribution in [2.75, 3.05) is 0 Å². The summed E-state index contributed by atoms with van der Waals surface area (Å²) in [6.07, 6.45) is 3.45. The molecule has 0 atom stereocenters. The number of carbonyl (C=O) groups excluding carboxylic acids is 1. The van der Waals surface area contributed by atoms with Gasteiger partial charge >= 0.3 is 0 Å². The van der Waals surface area contributed by atoms with E-state index in [-0.39, 0.29) is 5.91 Å². The van der Waals surface area contributed by atoms with Crippen LogP contribution < -0.4 is 5.43 Å². The van der Waals surface area contributed by atoms with Crippen LogP contribution in [0.3, 0.4) is 0 Å². The maximum Gasteiger partial charge on any atom is 0.273 e. The summed E-state index contributed by atoms with van der Waals surface area (Å²) < 4.78 is 0. The van der Waals surface area contributed by atoms with Gasteiger partial charge in [-0.15, -0.1) is 11.3 Å². The fourth-order valence-electron chi connectivity index (χ4n) is 1.85. The van der Waals surface area contributed by atoms with E-state index in [2.05, 4.69) is 15.5 Å². The van der Waals surface area contributed by atoms with Gasteiger partial charge < -0.3 is 4.98 Å². The molecule has 0 saturated heterocycles. The normalized spacial score (nSPS) is 11.2. The van der Waals surface area contributed by atoms with Crippen LogP contribution in [0.2, 0.25) is 0 Å². The standard InChI is InChI=1S/C14H11N3OS/c18-14(17-16-9-11-4-2-8-19-11)12-5-1-3-10-6-7-15-13(10)12/h1-9,15H,(H,17,18)/b16-9+. The molecule has 0 aliphatic heterocycles. The van der Waals surface area contributed by atoms with Gasteiger partial charge in [-0.25, -0.2) is 5.43 Å². The Balaban J connectivity index is 1.79. The number of hydrogen-bond donors (Lipinski definition) is 2. The zero-order valence-corrected chi connectivity index (χ0v) is 10.8. The third-order valence-corrected chi connectivity index (χ3v) is 3.54. The highest BCUT2D eigenvalue weighted by Crippen LogP contribution is 2.16. The Labute approximate surface area is 113 Å². The van der Waals surface area contributed by atoms with Gasteiger partial charge in [0.1, 0.15) is 0 Å². The third-order valence-electron chi connectivity index (χ3n) is 2.73. The zero-order chi connectivity index (χ0) is 13.1. The average Bonchev–Trinajstić information content (AvgIpc) is 3.08. The van der Waals surface area contributed by atoms with Crippen molar-refractivity contribution in [1.82, 2.24) is 10.4 Å². The summed E-state index contributed by atoms with van der Waals surface area (Å²) >= 11 is 1.57. The summed E-state index contributed by atoms with van der Waals surface area (Å²) in [6.45, 7) is 0. The van der Waals surface area contributed by atoms with Crippen molar-refractivity contribution in [2.24, 2.45) is 5.10 Å². The van der Waals surface area contributed by atoms with Crippen LogP contribution in [0.5, 0.6) is 0 Å². The molecule has 1 amide bonds. The van der Waals surface area contributed by atoms with Crippen LogP contribution in [0.15, 0.2) is 53.1 Å². The number of thiophene rings is 1. The molecule has 0 saturated carbocycles. The molecule has 2 heterocycles. The largest absolute Gasteiger partial charge is 0.361 e. The molecule has 5 heteroatoms. The number of aromatic amines is 1. The highest BCUT2D eigenvalue weighted by molar-refractivity contribution is 7.11. The number of aromatic nitrogens is 1. The minimum atomic E-state index is -0.221. The Bertz CT molecular complexity index is 728. The molecule has 4 nitrogen and oxygen atoms in total. The molecule has 2 aromatic heterocycles. The molecule has 0 aliphatic carbocycles. The molecule has 0 unspecified atom stereocenters. The quantitative estimate of drug-likeness (QED) is 0.557. The number of fused-ring (bicyclic) bond motifs is 1. The predicted octanol–water partition coefficient (Wildman–Crippen LogP) is 2.99. The first-order valence-corrected chi connectivity index (χ1v) is 6.65. The minimum Gasteiger partial charge on any atom is -0.361 e. The monoisotopic (exact) mass is 269 g/mol. The number of rotatable bonds is 3. The number of H-pyrrole nitrogens is 1. The summed E-state index contributed by atoms with van der Waals surface area (Å²) in [5, 5.41) is 6.92. The van der Waals surface area contributed by atoms with Gasteiger partial charge in [0.15, 0.2) is 0 Å². The molecular formula is C14H11N3OS. The second-order valence-electron chi connectivity index (χ2n) is 3.96. The van der Waals surface area contributed by atoms with Gasteiger partial charge in [-0.05, 0) is 23.6 Å². The molecule has 0 fully saturated rings. The fourth-order valence-corrected chi connectivity index (χ4v) is 2.44. The maximum absolute atomic E-state index is 12.0. The smallest absolute Gasteiger partial charge is 0.273 e. The number of para-hydroxylation sites is 1. The van der Waals surface area contributed by atoms with Crippen molar-refractivity contribution in [1.29, 1.82) is 0 Å². The van der Waals surface area contributed by atoms with Gasteiger partial charge in [-0.2, -0.15) is 5.10 Å². The highest BCUT2D eigenvalue weighted by atomic mass is 32.1. The Morgan fingerprint density at radius 2 is 2.21 bits per heavy atom. The molecule has 19 heavy (non-hydrogen) atoms. The first kappa shape index (κ1) is 11.7. The Hall–Kier alpha value is -2.40. The molecular weight excluding hydrogens is 258 g/mol. The topological polar surface area (TPSA) is 57.2 Å². The van der Waals surface area contributed by atoms with E-state index in [1.807, 2.05) is 41.9 Å². The molecule has 1 aromatic carbocycles. The lowest BCUT2D eigenvalue weighted by Gasteiger charge is -2.01. The van der Waals surface area contributed by atoms with Gasteiger partial charge in [-0.3, -0.25) is 4.79 Å². The number of hydrogen-bond acceptors (Lipinski definition) is 3. The summed E-state index contributed by atoms with van der Waals surface area (Å²) in [4.78, 5) is 16.1. The van der Waals surface area contributed by atoms with Crippen molar-refractivity contribution in [2.45, 2.75) is 0 Å². The van der Waals surface area contributed by atoms with Gasteiger partial charge in [0, 0.05) is 16.5 Å². The van der Waals surface area contributed by atoms with Crippen molar-refractivity contribution in [3.05, 3.63) is 58.4 Å². The maximum atomic E-state index is 12.0. The van der Waals surface area contributed by atoms with Crippen LogP contribution >= 0.6 is 11.3 Å². The van der Waals surface area contributed by atoms with Gasteiger partial charge in [0.25, 0.3) is 5.91 Å². The van der Waals surface area contributed by atoms with E-state index in [0.717, 1.165) is 15.8 Å². The summed E-state index contributed by atoms with van der Waals surface area (Å²) in [5.74, 6) is -0.221. The summed E-state index contributed by atoms with van der Waals surface area (Å²) in [7, 11) is 0. The van der Waals surface area contributed by atoms with Gasteiger partial charge in [0.05, 0.1) is 17.3 Å². The predicted molar refractivity (Wildman–Crippen MR) is 77.7 cm³/mol. The number of nitrogens with one attached hydrogen (secondary N) is 2. The SMILES string of the molecule is O=C(N/N=C/c1cccs1)c1cccc2cc[nH]c12. The van der Waals surface area contributed by atoms with Crippen LogP contribution in [0, 0.1) is 0 Å². The van der Waals surface area contributed by atoms with Crippen LogP contribution in [0.1, 0.15) is 15.2 Å². The van der Waals surface area contributed by atoms with Crippen LogP contribution in [0.4, 0.5) is 0 Å². The molecule has 3 rings (SSSR count). The van der Waals surface area contributed by atoms with Crippen molar-refractivity contribution in [3.8, 4) is 0 Å². The molecule has 0 spiro atoms. The van der Waals surface area contributed by atoms with Crippen LogP contribution in [0.25, 0.3) is 10.9 Å². The van der Waals surface area contributed by atoms with E-state index < -0.39 is 0 Å². The van der Waals surface area contributed by atoms with Crippen molar-refractivity contribution < 1.29 is 4.79 Å². The van der Waals surface area contributed by atoms with E-state index >= 15 is 0 Å².